The molecule has 18 nitrogen and oxygen atoms in total. The van der Waals surface area contributed by atoms with Gasteiger partial charge in [-0.05, 0) is 48.5 Å². The van der Waals surface area contributed by atoms with E-state index in [1.54, 1.807) is 0 Å². The summed E-state index contributed by atoms with van der Waals surface area (Å²) < 4.78 is 65.8. The molecule has 6 aromatic rings. The van der Waals surface area contributed by atoms with Gasteiger partial charge in [0, 0.05) is 42.0 Å². The molecule has 0 spiro atoms. The third-order valence-corrected chi connectivity index (χ3v) is 12.1. The fourth-order valence-corrected chi connectivity index (χ4v) is 8.16. The summed E-state index contributed by atoms with van der Waals surface area (Å²) in [6.07, 6.45) is 0. The first-order chi connectivity index (χ1) is 28.8. The van der Waals surface area contributed by atoms with E-state index in [1.807, 2.05) is 0 Å². The molecule has 0 bridgehead atoms. The molecule has 0 unspecified atom stereocenters. The van der Waals surface area contributed by atoms with Gasteiger partial charge in [0.25, 0.3) is 20.2 Å². The number of benzene rings is 6. The van der Waals surface area contributed by atoms with Crippen molar-refractivity contribution in [1.29, 1.82) is 0 Å². The van der Waals surface area contributed by atoms with E-state index < -0.39 is 64.8 Å². The molecule has 0 fully saturated rings. The Labute approximate surface area is 400 Å². The molecule has 0 saturated heterocycles. The smallest absolute Gasteiger partial charge is 0.505 e. The van der Waals surface area contributed by atoms with Gasteiger partial charge in [0.2, 0.25) is 11.8 Å². The zero-order valence-corrected chi connectivity index (χ0v) is 38.6. The molecule has 63 heavy (non-hydrogen) atoms. The first kappa shape index (κ1) is 50.9. The summed E-state index contributed by atoms with van der Waals surface area (Å²) in [5.74, 6) is -3.07. The number of phenolic OH excluding ortho intramolecular Hbond substituents is 4. The van der Waals surface area contributed by atoms with Crippen LogP contribution >= 0.6 is 69.6 Å². The Morgan fingerprint density at radius 3 is 1.16 bits per heavy atom. The van der Waals surface area contributed by atoms with Crippen molar-refractivity contribution >= 4 is 157 Å². The van der Waals surface area contributed by atoms with Crippen molar-refractivity contribution in [2.45, 2.75) is 23.6 Å². The van der Waals surface area contributed by atoms with Crippen molar-refractivity contribution in [3.8, 4) is 23.0 Å². The molecule has 0 heterocycles. The number of halogens is 6. The Morgan fingerprint density at radius 1 is 0.524 bits per heavy atom. The monoisotopic (exact) mass is 1060 g/mol. The number of nitrogens with one attached hydrogen (secondary N) is 2. The van der Waals surface area contributed by atoms with Crippen LogP contribution in [0, 0.1) is 0 Å². The van der Waals surface area contributed by atoms with Crippen LogP contribution in [0.2, 0.25) is 30.1 Å². The van der Waals surface area contributed by atoms with E-state index in [4.69, 9.17) is 69.6 Å². The summed E-state index contributed by atoms with van der Waals surface area (Å²) >= 11 is 35.6. The van der Waals surface area contributed by atoms with Crippen molar-refractivity contribution in [3.63, 3.8) is 0 Å². The Morgan fingerprint density at radius 2 is 0.857 bits per heavy atom. The predicted octanol–water partition coefficient (Wildman–Crippen LogP) is 12.0. The van der Waals surface area contributed by atoms with E-state index in [0.717, 1.165) is 12.1 Å². The van der Waals surface area contributed by atoms with Crippen LogP contribution in [0.25, 0.3) is 21.5 Å². The van der Waals surface area contributed by atoms with Crippen molar-refractivity contribution in [2.75, 3.05) is 10.6 Å². The van der Waals surface area contributed by atoms with Crippen molar-refractivity contribution in [1.82, 2.24) is 0 Å². The van der Waals surface area contributed by atoms with Gasteiger partial charge in [0.15, 0.2) is 23.0 Å². The number of hydrogen-bond donors (Lipinski definition) is 8. The summed E-state index contributed by atoms with van der Waals surface area (Å²) in [5, 5.41) is 60.8. The number of amides is 2. The van der Waals surface area contributed by atoms with E-state index in [2.05, 4.69) is 31.1 Å². The summed E-state index contributed by atoms with van der Waals surface area (Å²) in [6.45, 7) is 2.44. The van der Waals surface area contributed by atoms with Crippen LogP contribution in [0.15, 0.2) is 90.9 Å². The van der Waals surface area contributed by atoms with Crippen LogP contribution in [0.3, 0.4) is 0 Å². The van der Waals surface area contributed by atoms with Gasteiger partial charge in [-0.25, -0.2) is 0 Å². The molecule has 330 valence electrons. The summed E-state index contributed by atoms with van der Waals surface area (Å²) in [5.41, 5.74) is -0.719. The fourth-order valence-electron chi connectivity index (χ4n) is 5.52. The first-order valence-corrected chi connectivity index (χ1v) is 21.6. The summed E-state index contributed by atoms with van der Waals surface area (Å²) in [6, 6.07) is 11.9. The van der Waals surface area contributed by atoms with Gasteiger partial charge in [-0.2, -0.15) is 16.8 Å². The van der Waals surface area contributed by atoms with Crippen molar-refractivity contribution < 1.29 is 77.6 Å². The van der Waals surface area contributed by atoms with Crippen molar-refractivity contribution in [2.24, 2.45) is 20.5 Å². The van der Waals surface area contributed by atoms with Gasteiger partial charge in [0.1, 0.15) is 32.5 Å². The van der Waals surface area contributed by atoms with Crippen LogP contribution in [0.5, 0.6) is 23.0 Å². The minimum Gasteiger partial charge on any atom is -0.505 e. The van der Waals surface area contributed by atoms with E-state index >= 15 is 0 Å². The Kier molecular flexibility index (Phi) is 16.1. The van der Waals surface area contributed by atoms with Gasteiger partial charge >= 0.3 is 4.28 Å². The number of carbonyl (C=O) groups is 2. The number of rotatable bonds is 8. The maximum atomic E-state index is 11.7. The average molecular weight is 1060 g/mol. The van der Waals surface area contributed by atoms with Gasteiger partial charge in [-0.1, -0.05) is 81.7 Å². The second-order valence-corrected chi connectivity index (χ2v) is 17.5. The maximum absolute atomic E-state index is 11.7. The number of aromatic hydroxyl groups is 4. The Balaban J connectivity index is 0.000000622. The van der Waals surface area contributed by atoms with E-state index in [-0.39, 0.29) is 107 Å². The molecule has 0 aliphatic rings. The zero-order chi connectivity index (χ0) is 46.2. The van der Waals surface area contributed by atoms with E-state index in [0.29, 0.717) is 0 Å². The number of nitrogens with zero attached hydrogens (tertiary/aromatic N) is 4. The molecule has 0 aliphatic carbocycles. The van der Waals surface area contributed by atoms with Crippen LogP contribution in [0.1, 0.15) is 18.1 Å². The largest absolute Gasteiger partial charge is 1.00 e. The number of anilines is 2. The van der Waals surface area contributed by atoms with Crippen molar-refractivity contribution in [3.05, 3.63) is 90.8 Å². The SMILES string of the molecule is CC(=O)Nc1ccc(S(=O)(=O)O)c2ccc(N=Nc3c(O)c(Cl)cc(Cl)c3Cl)c(O)c12.CC(=O)Nc1ccc(S(=O)(=O)O)c2ccc(N=Nc3c(O)c(Cl)cc(Cl)c3Cl)c(O)c12.[Cr].[H+].[H+].[H+]. The van der Waals surface area contributed by atoms with Crippen LogP contribution < -0.4 is 10.6 Å². The third kappa shape index (κ3) is 11.1. The molecular formula is C36H27Cl6CrN6O12S2+3. The standard InChI is InChI=1S/2C18H12Cl3N3O6S.Cr/c2*1-7(25)22-11-4-5-13(31(28,29)30)8-2-3-12(18(27)14(8)11)23-24-16-15(21)9(19)6-10(20)17(16)26;/h2*2-6,26-27H,1H3,(H,22,25)(H,28,29,30);/p+3. The number of azo groups is 2. The molecule has 0 aromatic heterocycles. The zero-order valence-electron chi connectivity index (χ0n) is 34.2. The topological polar surface area (TPSA) is 297 Å². The van der Waals surface area contributed by atoms with Gasteiger partial charge in [-0.15, -0.1) is 20.5 Å². The second-order valence-electron chi connectivity index (χ2n) is 12.3. The molecule has 6 aromatic carbocycles. The second kappa shape index (κ2) is 20.0. The summed E-state index contributed by atoms with van der Waals surface area (Å²) in [4.78, 5) is 22.1. The number of carbonyl (C=O) groups excluding carboxylic acids is 2. The molecule has 0 saturated carbocycles. The molecule has 0 radical (unpaired) electrons. The number of phenols is 4. The van der Waals surface area contributed by atoms with E-state index in [1.165, 1.54) is 62.4 Å². The Hall–Kier alpha value is -4.73. The van der Waals surface area contributed by atoms with Gasteiger partial charge in [-0.3, -0.25) is 18.7 Å². The molecule has 0 atom stereocenters. The molecule has 6 rings (SSSR count). The summed E-state index contributed by atoms with van der Waals surface area (Å²) in [7, 11) is -9.28. The molecule has 8 N–H and O–H groups in total. The molecule has 27 heteroatoms. The van der Waals surface area contributed by atoms with Gasteiger partial charge in [0.05, 0.1) is 52.3 Å². The maximum Gasteiger partial charge on any atom is 1.00 e. The normalized spacial score (nSPS) is 11.7. The average Bonchev–Trinajstić information content (AvgIpc) is 3.16. The number of hydrogen-bond acceptors (Lipinski definition) is 14. The first-order valence-electron chi connectivity index (χ1n) is 16.5. The van der Waals surface area contributed by atoms with Crippen LogP contribution in [-0.4, -0.2) is 58.2 Å². The third-order valence-electron chi connectivity index (χ3n) is 8.12. The molecule has 0 aliphatic heterocycles. The predicted molar refractivity (Wildman–Crippen MR) is 237 cm³/mol. The molecule has 2 amide bonds. The molecular weight excluding hydrogens is 1040 g/mol. The quantitative estimate of drug-likeness (QED) is 0.0401. The van der Waals surface area contributed by atoms with Crippen LogP contribution in [-0.2, 0) is 47.2 Å². The Bertz CT molecular complexity index is 2940. The minimum atomic E-state index is -4.64. The minimum absolute atomic E-state index is 0. The van der Waals surface area contributed by atoms with E-state index in [9.17, 15) is 56.0 Å². The van der Waals surface area contributed by atoms with Crippen LogP contribution in [0.4, 0.5) is 34.1 Å². The fraction of sp³-hybridized carbons (Fsp3) is 0.0556. The van der Waals surface area contributed by atoms with Gasteiger partial charge < -0.3 is 31.1 Å². The number of fused-ring (bicyclic) bond motifs is 2.